The molecule has 0 aliphatic rings. The Bertz CT molecular complexity index is 608. The first-order valence-corrected chi connectivity index (χ1v) is 6.34. The Kier molecular flexibility index (Phi) is 3.98. The Morgan fingerprint density at radius 1 is 1.11 bits per heavy atom. The lowest BCUT2D eigenvalue weighted by Gasteiger charge is -2.19. The summed E-state index contributed by atoms with van der Waals surface area (Å²) in [4.78, 5) is 13.9. The molecule has 0 aromatic heterocycles. The van der Waals surface area contributed by atoms with Gasteiger partial charge in [-0.2, -0.15) is 0 Å². The smallest absolute Gasteiger partial charge is 0.261 e. The number of hydrogen-bond acceptors (Lipinski definition) is 2. The third-order valence-corrected chi connectivity index (χ3v) is 3.37. The van der Waals surface area contributed by atoms with Crippen molar-refractivity contribution in [3.8, 4) is 0 Å². The number of nitrogen functional groups attached to an aromatic ring is 1. The largest absolute Gasteiger partial charge is 0.399 e. The van der Waals surface area contributed by atoms with Gasteiger partial charge in [0.25, 0.3) is 5.91 Å². The lowest BCUT2D eigenvalue weighted by molar-refractivity contribution is 0.0993. The molecule has 5 heteroatoms. The fourth-order valence-corrected chi connectivity index (χ4v) is 2.28. The molecule has 19 heavy (non-hydrogen) atoms. The van der Waals surface area contributed by atoms with Crippen LogP contribution >= 0.6 is 23.2 Å². The molecule has 2 rings (SSSR count). The van der Waals surface area contributed by atoms with Gasteiger partial charge in [-0.3, -0.25) is 4.79 Å². The van der Waals surface area contributed by atoms with Crippen molar-refractivity contribution in [3.63, 3.8) is 0 Å². The first kappa shape index (κ1) is 13.7. The summed E-state index contributed by atoms with van der Waals surface area (Å²) in [6.07, 6.45) is 0. The maximum atomic E-state index is 12.4. The molecular weight excluding hydrogens is 283 g/mol. The standard InChI is InChI=1S/C14H12Cl2N2O/c1-18(10-5-2-4-9(17)8-10)14(19)13-11(15)6-3-7-12(13)16/h2-8H,17H2,1H3. The Balaban J connectivity index is 2.39. The van der Waals surface area contributed by atoms with Crippen molar-refractivity contribution >= 4 is 40.5 Å². The van der Waals surface area contributed by atoms with Crippen molar-refractivity contribution in [1.29, 1.82) is 0 Å². The highest BCUT2D eigenvalue weighted by molar-refractivity contribution is 6.40. The van der Waals surface area contributed by atoms with E-state index < -0.39 is 0 Å². The molecule has 2 N–H and O–H groups in total. The number of nitrogens with two attached hydrogens (primary N) is 1. The molecule has 1 amide bonds. The minimum Gasteiger partial charge on any atom is -0.399 e. The zero-order valence-corrected chi connectivity index (χ0v) is 11.7. The van der Waals surface area contributed by atoms with Crippen LogP contribution in [0.4, 0.5) is 11.4 Å². The predicted octanol–water partition coefficient (Wildman–Crippen LogP) is 3.85. The SMILES string of the molecule is CN(C(=O)c1c(Cl)cccc1Cl)c1cccc(N)c1. The van der Waals surface area contributed by atoms with E-state index in [1.807, 2.05) is 0 Å². The van der Waals surface area contributed by atoms with Gasteiger partial charge in [0.2, 0.25) is 0 Å². The molecule has 98 valence electrons. The number of anilines is 2. The first-order valence-electron chi connectivity index (χ1n) is 5.58. The Hall–Kier alpha value is -1.71. The van der Waals surface area contributed by atoms with Gasteiger partial charge in [0.15, 0.2) is 0 Å². The fourth-order valence-electron chi connectivity index (χ4n) is 1.72. The van der Waals surface area contributed by atoms with E-state index in [0.717, 1.165) is 0 Å². The third kappa shape index (κ3) is 2.83. The van der Waals surface area contributed by atoms with E-state index in [0.29, 0.717) is 21.4 Å². The van der Waals surface area contributed by atoms with Gasteiger partial charge in [-0.1, -0.05) is 35.3 Å². The zero-order chi connectivity index (χ0) is 14.0. The summed E-state index contributed by atoms with van der Waals surface area (Å²) in [6, 6.07) is 12.0. The minimum absolute atomic E-state index is 0.277. The summed E-state index contributed by atoms with van der Waals surface area (Å²) in [7, 11) is 1.65. The molecule has 0 fully saturated rings. The Labute approximate surface area is 121 Å². The topological polar surface area (TPSA) is 46.3 Å². The molecule has 0 heterocycles. The van der Waals surface area contributed by atoms with E-state index in [4.69, 9.17) is 28.9 Å². The number of carbonyl (C=O) groups is 1. The molecule has 2 aromatic carbocycles. The van der Waals surface area contributed by atoms with Crippen molar-refractivity contribution < 1.29 is 4.79 Å². The van der Waals surface area contributed by atoms with E-state index in [-0.39, 0.29) is 11.5 Å². The lowest BCUT2D eigenvalue weighted by atomic mass is 10.2. The molecular formula is C14H12Cl2N2O. The van der Waals surface area contributed by atoms with Crippen LogP contribution in [0, 0.1) is 0 Å². The average Bonchev–Trinajstić information content (AvgIpc) is 2.37. The van der Waals surface area contributed by atoms with Gasteiger partial charge in [0, 0.05) is 18.4 Å². The van der Waals surface area contributed by atoms with Crippen LogP contribution in [0.25, 0.3) is 0 Å². The number of halogens is 2. The predicted molar refractivity (Wildman–Crippen MR) is 80.0 cm³/mol. The average molecular weight is 295 g/mol. The maximum Gasteiger partial charge on any atom is 0.261 e. The quantitative estimate of drug-likeness (QED) is 0.855. The van der Waals surface area contributed by atoms with Crippen LogP contribution < -0.4 is 10.6 Å². The molecule has 3 nitrogen and oxygen atoms in total. The third-order valence-electron chi connectivity index (χ3n) is 2.74. The number of benzene rings is 2. The summed E-state index contributed by atoms with van der Waals surface area (Å²) >= 11 is 12.1. The van der Waals surface area contributed by atoms with Crippen molar-refractivity contribution in [1.82, 2.24) is 0 Å². The Morgan fingerprint density at radius 2 is 1.68 bits per heavy atom. The van der Waals surface area contributed by atoms with Crippen molar-refractivity contribution in [2.75, 3.05) is 17.7 Å². The summed E-state index contributed by atoms with van der Waals surface area (Å²) < 4.78 is 0. The first-order chi connectivity index (χ1) is 9.00. The molecule has 0 spiro atoms. The van der Waals surface area contributed by atoms with Crippen LogP contribution in [0.3, 0.4) is 0 Å². The van der Waals surface area contributed by atoms with Gasteiger partial charge in [0.05, 0.1) is 15.6 Å². The second kappa shape index (κ2) is 5.51. The van der Waals surface area contributed by atoms with E-state index >= 15 is 0 Å². The van der Waals surface area contributed by atoms with Gasteiger partial charge in [-0.05, 0) is 30.3 Å². The van der Waals surface area contributed by atoms with Gasteiger partial charge in [-0.25, -0.2) is 0 Å². The number of nitrogens with zero attached hydrogens (tertiary/aromatic N) is 1. The highest BCUT2D eigenvalue weighted by Crippen LogP contribution is 2.27. The number of rotatable bonds is 2. The van der Waals surface area contributed by atoms with Crippen LogP contribution in [-0.2, 0) is 0 Å². The summed E-state index contributed by atoms with van der Waals surface area (Å²) in [6.45, 7) is 0. The monoisotopic (exact) mass is 294 g/mol. The Morgan fingerprint density at radius 3 is 2.26 bits per heavy atom. The van der Waals surface area contributed by atoms with Crippen LogP contribution in [0.15, 0.2) is 42.5 Å². The van der Waals surface area contributed by atoms with Crippen molar-refractivity contribution in [3.05, 3.63) is 58.1 Å². The van der Waals surface area contributed by atoms with Gasteiger partial charge < -0.3 is 10.6 Å². The van der Waals surface area contributed by atoms with Gasteiger partial charge in [0.1, 0.15) is 0 Å². The van der Waals surface area contributed by atoms with E-state index in [1.165, 1.54) is 4.90 Å². The number of carbonyl (C=O) groups excluding carboxylic acids is 1. The van der Waals surface area contributed by atoms with Crippen molar-refractivity contribution in [2.45, 2.75) is 0 Å². The number of hydrogen-bond donors (Lipinski definition) is 1. The molecule has 0 bridgehead atoms. The summed E-state index contributed by atoms with van der Waals surface area (Å²) in [5, 5.41) is 0.654. The van der Waals surface area contributed by atoms with Crippen LogP contribution in [0.5, 0.6) is 0 Å². The fraction of sp³-hybridized carbons (Fsp3) is 0.0714. The molecule has 0 aliphatic heterocycles. The zero-order valence-electron chi connectivity index (χ0n) is 10.2. The highest BCUT2D eigenvalue weighted by atomic mass is 35.5. The van der Waals surface area contributed by atoms with E-state index in [1.54, 1.807) is 49.5 Å². The molecule has 0 saturated heterocycles. The van der Waals surface area contributed by atoms with Crippen LogP contribution in [-0.4, -0.2) is 13.0 Å². The lowest BCUT2D eigenvalue weighted by Crippen LogP contribution is -2.26. The van der Waals surface area contributed by atoms with Gasteiger partial charge in [-0.15, -0.1) is 0 Å². The molecule has 0 saturated carbocycles. The van der Waals surface area contributed by atoms with Crippen LogP contribution in [0.2, 0.25) is 10.0 Å². The van der Waals surface area contributed by atoms with Crippen molar-refractivity contribution in [2.24, 2.45) is 0 Å². The molecule has 0 radical (unpaired) electrons. The maximum absolute atomic E-state index is 12.4. The summed E-state index contributed by atoms with van der Waals surface area (Å²) in [5.74, 6) is -0.277. The molecule has 0 aliphatic carbocycles. The normalized spacial score (nSPS) is 10.3. The van der Waals surface area contributed by atoms with Crippen LogP contribution in [0.1, 0.15) is 10.4 Å². The van der Waals surface area contributed by atoms with E-state index in [9.17, 15) is 4.79 Å². The second-order valence-electron chi connectivity index (χ2n) is 4.06. The second-order valence-corrected chi connectivity index (χ2v) is 4.87. The summed E-state index contributed by atoms with van der Waals surface area (Å²) in [5.41, 5.74) is 7.26. The molecule has 2 aromatic rings. The number of amides is 1. The molecule has 0 unspecified atom stereocenters. The van der Waals surface area contributed by atoms with Gasteiger partial charge >= 0.3 is 0 Å². The molecule has 0 atom stereocenters. The van der Waals surface area contributed by atoms with E-state index in [2.05, 4.69) is 0 Å². The highest BCUT2D eigenvalue weighted by Gasteiger charge is 2.19. The minimum atomic E-state index is -0.277.